The first kappa shape index (κ1) is 14.2. The summed E-state index contributed by atoms with van der Waals surface area (Å²) in [5.74, 6) is 0.917. The monoisotopic (exact) mass is 318 g/mol. The molecule has 2 aromatic rings. The van der Waals surface area contributed by atoms with Gasteiger partial charge in [0.25, 0.3) is 5.56 Å². The lowest BCUT2D eigenvalue weighted by Crippen LogP contribution is -2.38. The minimum atomic E-state index is -0.0710. The highest BCUT2D eigenvalue weighted by Gasteiger charge is 2.48. The summed E-state index contributed by atoms with van der Waals surface area (Å²) < 4.78 is 1.43. The molecular weight excluding hydrogens is 296 g/mol. The highest BCUT2D eigenvalue weighted by atomic mass is 32.1. The maximum absolute atomic E-state index is 12.1. The smallest absolute Gasteiger partial charge is 0.275 e. The lowest BCUT2D eigenvalue weighted by molar-refractivity contribution is 0.118. The SMILES string of the molecule is CCCc1cc(=O)n2nc(NCC3(C4CC4)CCC3)sc2n1. The van der Waals surface area contributed by atoms with Crippen molar-refractivity contribution in [3.05, 3.63) is 22.1 Å². The quantitative estimate of drug-likeness (QED) is 0.889. The van der Waals surface area contributed by atoms with Crippen LogP contribution in [0.15, 0.2) is 10.9 Å². The standard InChI is InChI=1S/C16H22N4OS/c1-2-4-12-9-13(21)20-15(18-12)22-14(19-20)17-10-16(7-3-8-16)11-5-6-11/h9,11H,2-8,10H2,1H3,(H,17,19). The van der Waals surface area contributed by atoms with Gasteiger partial charge in [0.2, 0.25) is 10.1 Å². The molecule has 2 aliphatic carbocycles. The summed E-state index contributed by atoms with van der Waals surface area (Å²) >= 11 is 1.49. The predicted molar refractivity (Wildman–Crippen MR) is 88.6 cm³/mol. The minimum Gasteiger partial charge on any atom is -0.360 e. The van der Waals surface area contributed by atoms with Crippen molar-refractivity contribution >= 4 is 21.4 Å². The summed E-state index contributed by atoms with van der Waals surface area (Å²) in [6.07, 6.45) is 8.67. The lowest BCUT2D eigenvalue weighted by Gasteiger charge is -2.42. The van der Waals surface area contributed by atoms with E-state index in [4.69, 9.17) is 0 Å². The van der Waals surface area contributed by atoms with Gasteiger partial charge in [0, 0.05) is 18.3 Å². The molecule has 0 aromatic carbocycles. The van der Waals surface area contributed by atoms with E-state index in [0.717, 1.165) is 36.1 Å². The summed E-state index contributed by atoms with van der Waals surface area (Å²) in [5, 5.41) is 8.71. The Morgan fingerprint density at radius 1 is 1.45 bits per heavy atom. The van der Waals surface area contributed by atoms with Crippen molar-refractivity contribution in [2.24, 2.45) is 11.3 Å². The first-order valence-electron chi connectivity index (χ1n) is 8.34. The van der Waals surface area contributed by atoms with E-state index in [2.05, 4.69) is 22.3 Å². The molecule has 2 aromatic heterocycles. The largest absolute Gasteiger partial charge is 0.360 e. The van der Waals surface area contributed by atoms with Crippen LogP contribution in [-0.4, -0.2) is 21.1 Å². The van der Waals surface area contributed by atoms with E-state index >= 15 is 0 Å². The number of nitrogens with one attached hydrogen (secondary N) is 1. The predicted octanol–water partition coefficient (Wildman–Crippen LogP) is 3.10. The number of aryl methyl sites for hydroxylation is 1. The van der Waals surface area contributed by atoms with Gasteiger partial charge in [0.15, 0.2) is 0 Å². The van der Waals surface area contributed by atoms with Crippen molar-refractivity contribution in [3.8, 4) is 0 Å². The Bertz CT molecular complexity index is 742. The number of nitrogens with zero attached hydrogens (tertiary/aromatic N) is 3. The number of anilines is 1. The summed E-state index contributed by atoms with van der Waals surface area (Å²) in [7, 11) is 0. The van der Waals surface area contributed by atoms with E-state index < -0.39 is 0 Å². The van der Waals surface area contributed by atoms with Crippen LogP contribution in [0.5, 0.6) is 0 Å². The number of hydrogen-bond acceptors (Lipinski definition) is 5. The van der Waals surface area contributed by atoms with E-state index in [1.807, 2.05) is 0 Å². The molecule has 2 saturated carbocycles. The number of fused-ring (bicyclic) bond motifs is 1. The molecule has 22 heavy (non-hydrogen) atoms. The van der Waals surface area contributed by atoms with Crippen LogP contribution in [-0.2, 0) is 6.42 Å². The third-order valence-corrected chi connectivity index (χ3v) is 6.05. The molecule has 0 atom stereocenters. The zero-order valence-corrected chi connectivity index (χ0v) is 13.8. The van der Waals surface area contributed by atoms with E-state index in [9.17, 15) is 4.79 Å². The second-order valence-electron chi connectivity index (χ2n) is 6.78. The van der Waals surface area contributed by atoms with Gasteiger partial charge in [-0.1, -0.05) is 31.1 Å². The van der Waals surface area contributed by atoms with Gasteiger partial charge in [0.1, 0.15) is 0 Å². The molecule has 118 valence electrons. The molecule has 6 heteroatoms. The van der Waals surface area contributed by atoms with Crippen molar-refractivity contribution in [1.82, 2.24) is 14.6 Å². The first-order valence-corrected chi connectivity index (χ1v) is 9.15. The van der Waals surface area contributed by atoms with Crippen molar-refractivity contribution in [3.63, 3.8) is 0 Å². The average molecular weight is 318 g/mol. The van der Waals surface area contributed by atoms with E-state index in [-0.39, 0.29) is 5.56 Å². The molecule has 0 amide bonds. The van der Waals surface area contributed by atoms with Gasteiger partial charge >= 0.3 is 0 Å². The van der Waals surface area contributed by atoms with Crippen LogP contribution in [0.2, 0.25) is 0 Å². The fraction of sp³-hybridized carbons (Fsp3) is 0.688. The van der Waals surface area contributed by atoms with Crippen LogP contribution < -0.4 is 10.9 Å². The van der Waals surface area contributed by atoms with Gasteiger partial charge in [0.05, 0.1) is 0 Å². The van der Waals surface area contributed by atoms with Crippen LogP contribution in [0, 0.1) is 11.3 Å². The van der Waals surface area contributed by atoms with Gasteiger partial charge in [-0.3, -0.25) is 4.79 Å². The molecule has 0 bridgehead atoms. The highest BCUT2D eigenvalue weighted by Crippen LogP contribution is 2.57. The zero-order valence-electron chi connectivity index (χ0n) is 13.0. The molecule has 0 saturated heterocycles. The van der Waals surface area contributed by atoms with Gasteiger partial charge in [-0.15, -0.1) is 5.10 Å². The normalized spacial score (nSPS) is 20.0. The average Bonchev–Trinajstić information content (AvgIpc) is 3.19. The fourth-order valence-electron chi connectivity index (χ4n) is 3.62. The summed E-state index contributed by atoms with van der Waals surface area (Å²) in [6.45, 7) is 3.09. The van der Waals surface area contributed by atoms with E-state index in [1.165, 1.54) is 48.0 Å². The molecule has 0 radical (unpaired) electrons. The third kappa shape index (κ3) is 2.43. The second kappa shape index (κ2) is 5.33. The molecule has 2 fully saturated rings. The van der Waals surface area contributed by atoms with Crippen LogP contribution in [0.1, 0.15) is 51.1 Å². The maximum atomic E-state index is 12.1. The van der Waals surface area contributed by atoms with Crippen molar-refractivity contribution in [2.75, 3.05) is 11.9 Å². The molecular formula is C16H22N4OS. The van der Waals surface area contributed by atoms with Gasteiger partial charge in [-0.25, -0.2) is 4.98 Å². The number of aromatic nitrogens is 3. The topological polar surface area (TPSA) is 59.3 Å². The fourth-order valence-corrected chi connectivity index (χ4v) is 4.44. The van der Waals surface area contributed by atoms with Crippen molar-refractivity contribution in [1.29, 1.82) is 0 Å². The van der Waals surface area contributed by atoms with Crippen LogP contribution in [0.25, 0.3) is 4.96 Å². The van der Waals surface area contributed by atoms with Crippen LogP contribution in [0.3, 0.4) is 0 Å². The third-order valence-electron chi connectivity index (χ3n) is 5.19. The molecule has 2 aliphatic rings. The Morgan fingerprint density at radius 2 is 2.27 bits per heavy atom. The molecule has 5 nitrogen and oxygen atoms in total. The summed E-state index contributed by atoms with van der Waals surface area (Å²) in [4.78, 5) is 17.4. The Kier molecular flexibility index (Phi) is 3.44. The Labute approximate surface area is 133 Å². The second-order valence-corrected chi connectivity index (χ2v) is 7.74. The Hall–Kier alpha value is -1.43. The zero-order chi connectivity index (χ0) is 15.2. The number of hydrogen-bond donors (Lipinski definition) is 1. The first-order chi connectivity index (χ1) is 10.7. The lowest BCUT2D eigenvalue weighted by atomic mass is 9.65. The molecule has 1 N–H and O–H groups in total. The van der Waals surface area contributed by atoms with Gasteiger partial charge < -0.3 is 5.32 Å². The Morgan fingerprint density at radius 3 is 2.91 bits per heavy atom. The molecule has 0 unspecified atom stereocenters. The molecule has 0 aliphatic heterocycles. The minimum absolute atomic E-state index is 0.0710. The summed E-state index contributed by atoms with van der Waals surface area (Å²) in [5.41, 5.74) is 1.30. The van der Waals surface area contributed by atoms with Gasteiger partial charge in [-0.2, -0.15) is 4.52 Å². The molecule has 2 heterocycles. The Balaban J connectivity index is 1.54. The maximum Gasteiger partial charge on any atom is 0.275 e. The van der Waals surface area contributed by atoms with E-state index in [0.29, 0.717) is 10.4 Å². The highest BCUT2D eigenvalue weighted by molar-refractivity contribution is 7.20. The number of rotatable bonds is 6. The van der Waals surface area contributed by atoms with Gasteiger partial charge in [-0.05, 0) is 43.4 Å². The van der Waals surface area contributed by atoms with E-state index in [1.54, 1.807) is 6.07 Å². The molecule has 0 spiro atoms. The van der Waals surface area contributed by atoms with Crippen molar-refractivity contribution < 1.29 is 0 Å². The van der Waals surface area contributed by atoms with Crippen LogP contribution in [0.4, 0.5) is 5.13 Å². The molecule has 4 rings (SSSR count). The summed E-state index contributed by atoms with van der Waals surface area (Å²) in [6, 6.07) is 1.61. The van der Waals surface area contributed by atoms with Crippen molar-refractivity contribution in [2.45, 2.75) is 51.9 Å². The van der Waals surface area contributed by atoms with Crippen LogP contribution >= 0.6 is 11.3 Å².